The third-order valence-electron chi connectivity index (χ3n) is 5.75. The monoisotopic (exact) mass is 380 g/mol. The lowest BCUT2D eigenvalue weighted by atomic mass is 9.81. The molecule has 0 spiro atoms. The van der Waals surface area contributed by atoms with Crippen molar-refractivity contribution in [3.8, 4) is 5.75 Å². The molecule has 1 aromatic carbocycles. The van der Waals surface area contributed by atoms with Crippen LogP contribution in [-0.4, -0.2) is 47.5 Å². The van der Waals surface area contributed by atoms with Crippen LogP contribution in [0.15, 0.2) is 48.7 Å². The Kier molecular flexibility index (Phi) is 5.59. The van der Waals surface area contributed by atoms with Crippen molar-refractivity contribution < 1.29 is 9.53 Å². The van der Waals surface area contributed by atoms with Crippen molar-refractivity contribution >= 4 is 5.91 Å². The number of benzene rings is 1. The van der Waals surface area contributed by atoms with E-state index in [-0.39, 0.29) is 11.4 Å². The number of likely N-dealkylation sites (tertiary alicyclic amines) is 1. The maximum atomic E-state index is 11.8. The van der Waals surface area contributed by atoms with Gasteiger partial charge in [-0.2, -0.15) is 0 Å². The molecule has 3 heterocycles. The van der Waals surface area contributed by atoms with E-state index in [9.17, 15) is 4.79 Å². The summed E-state index contributed by atoms with van der Waals surface area (Å²) in [6.07, 6.45) is 2.77. The first kappa shape index (κ1) is 18.9. The number of nitrogens with zero attached hydrogens (tertiary/aromatic N) is 2. The number of amides is 1. The second kappa shape index (κ2) is 8.29. The maximum Gasteiger partial charge on any atom is 0.217 e. The predicted octanol–water partition coefficient (Wildman–Crippen LogP) is 1.96. The minimum Gasteiger partial charge on any atom is -0.487 e. The molecule has 2 atom stereocenters. The Labute approximate surface area is 166 Å². The summed E-state index contributed by atoms with van der Waals surface area (Å²) in [6.45, 7) is 6.76. The molecule has 2 saturated heterocycles. The highest BCUT2D eigenvalue weighted by atomic mass is 16.5. The predicted molar refractivity (Wildman–Crippen MR) is 108 cm³/mol. The molecule has 1 amide bonds. The molecule has 0 unspecified atom stereocenters. The van der Waals surface area contributed by atoms with E-state index in [2.05, 4.69) is 32.7 Å². The number of rotatable bonds is 6. The van der Waals surface area contributed by atoms with Gasteiger partial charge in [0.1, 0.15) is 12.4 Å². The van der Waals surface area contributed by atoms with Crippen molar-refractivity contribution in [2.75, 3.05) is 26.2 Å². The van der Waals surface area contributed by atoms with E-state index in [1.54, 1.807) is 13.1 Å². The van der Waals surface area contributed by atoms with E-state index in [0.717, 1.165) is 50.6 Å². The summed E-state index contributed by atoms with van der Waals surface area (Å²) in [6, 6.07) is 14.1. The molecule has 2 aromatic rings. The molecule has 148 valence electrons. The van der Waals surface area contributed by atoms with Crippen molar-refractivity contribution in [1.29, 1.82) is 0 Å². The molecule has 0 saturated carbocycles. The standard InChI is InChI=1S/C22H28N4O2/c1-17(27)25-22-8-10-23-12-19(22)14-26(16-22)13-18-5-4-7-21(11-18)28-15-20-6-2-3-9-24-20/h2-7,9,11,19,23H,8,10,12-16H2,1H3,(H,25,27)/t19-,22-/m1/s1. The lowest BCUT2D eigenvalue weighted by Gasteiger charge is -2.39. The second-order valence-corrected chi connectivity index (χ2v) is 7.92. The van der Waals surface area contributed by atoms with Crippen LogP contribution >= 0.6 is 0 Å². The first-order valence-electron chi connectivity index (χ1n) is 9.96. The first-order valence-corrected chi connectivity index (χ1v) is 9.96. The number of fused-ring (bicyclic) bond motifs is 1. The molecular formula is C22H28N4O2. The van der Waals surface area contributed by atoms with Crippen LogP contribution in [0, 0.1) is 5.92 Å². The Balaban J connectivity index is 1.40. The van der Waals surface area contributed by atoms with Gasteiger partial charge < -0.3 is 15.4 Å². The third-order valence-corrected chi connectivity index (χ3v) is 5.75. The van der Waals surface area contributed by atoms with Gasteiger partial charge in [0.2, 0.25) is 5.91 Å². The molecule has 28 heavy (non-hydrogen) atoms. The lowest BCUT2D eigenvalue weighted by molar-refractivity contribution is -0.121. The summed E-state index contributed by atoms with van der Waals surface area (Å²) >= 11 is 0. The van der Waals surface area contributed by atoms with Crippen LogP contribution < -0.4 is 15.4 Å². The zero-order valence-electron chi connectivity index (χ0n) is 16.4. The van der Waals surface area contributed by atoms with Crippen LogP contribution in [0.4, 0.5) is 0 Å². The Morgan fingerprint density at radius 1 is 1.36 bits per heavy atom. The van der Waals surface area contributed by atoms with E-state index in [4.69, 9.17) is 4.74 Å². The maximum absolute atomic E-state index is 11.8. The SMILES string of the molecule is CC(=O)N[C@@]12CCNC[C@@H]1CN(Cc1cccc(OCc3ccccn3)c1)C2. The highest BCUT2D eigenvalue weighted by Crippen LogP contribution is 2.33. The fourth-order valence-corrected chi connectivity index (χ4v) is 4.52. The number of pyridine rings is 1. The highest BCUT2D eigenvalue weighted by Gasteiger charge is 2.48. The van der Waals surface area contributed by atoms with Crippen molar-refractivity contribution in [2.45, 2.75) is 32.0 Å². The Morgan fingerprint density at radius 3 is 3.11 bits per heavy atom. The first-order chi connectivity index (χ1) is 13.6. The fourth-order valence-electron chi connectivity index (χ4n) is 4.52. The van der Waals surface area contributed by atoms with Crippen LogP contribution in [0.1, 0.15) is 24.6 Å². The van der Waals surface area contributed by atoms with Gasteiger partial charge in [0.25, 0.3) is 0 Å². The number of ether oxygens (including phenoxy) is 1. The lowest BCUT2D eigenvalue weighted by Crippen LogP contribution is -2.60. The topological polar surface area (TPSA) is 66.5 Å². The van der Waals surface area contributed by atoms with Gasteiger partial charge in [-0.1, -0.05) is 18.2 Å². The molecule has 4 rings (SSSR count). The molecular weight excluding hydrogens is 352 g/mol. The summed E-state index contributed by atoms with van der Waals surface area (Å²) in [4.78, 5) is 18.5. The molecule has 0 bridgehead atoms. The van der Waals surface area contributed by atoms with Gasteiger partial charge in [-0.15, -0.1) is 0 Å². The number of hydrogen-bond donors (Lipinski definition) is 2. The number of nitrogens with one attached hydrogen (secondary N) is 2. The van der Waals surface area contributed by atoms with E-state index < -0.39 is 0 Å². The van der Waals surface area contributed by atoms with E-state index in [1.165, 1.54) is 5.56 Å². The van der Waals surface area contributed by atoms with Gasteiger partial charge in [-0.25, -0.2) is 0 Å². The van der Waals surface area contributed by atoms with E-state index in [0.29, 0.717) is 12.5 Å². The second-order valence-electron chi connectivity index (χ2n) is 7.92. The third kappa shape index (κ3) is 4.34. The van der Waals surface area contributed by atoms with E-state index in [1.807, 2.05) is 30.3 Å². The highest BCUT2D eigenvalue weighted by molar-refractivity contribution is 5.74. The summed E-state index contributed by atoms with van der Waals surface area (Å²) in [5.41, 5.74) is 2.05. The zero-order valence-corrected chi connectivity index (χ0v) is 16.4. The average Bonchev–Trinajstić information content (AvgIpc) is 3.04. The Bertz CT molecular complexity index is 813. The van der Waals surface area contributed by atoms with Gasteiger partial charge in [0, 0.05) is 45.2 Å². The number of hydrogen-bond acceptors (Lipinski definition) is 5. The Hall–Kier alpha value is -2.44. The number of carbonyl (C=O) groups excluding carboxylic acids is 1. The smallest absolute Gasteiger partial charge is 0.217 e. The van der Waals surface area contributed by atoms with Gasteiger partial charge >= 0.3 is 0 Å². The average molecular weight is 380 g/mol. The molecule has 2 fully saturated rings. The summed E-state index contributed by atoms with van der Waals surface area (Å²) in [5, 5.41) is 6.75. The molecule has 2 N–H and O–H groups in total. The van der Waals surface area contributed by atoms with Crippen molar-refractivity contribution in [3.05, 3.63) is 59.9 Å². The molecule has 2 aliphatic rings. The molecule has 0 aliphatic carbocycles. The van der Waals surface area contributed by atoms with Gasteiger partial charge in [0.05, 0.1) is 11.2 Å². The molecule has 0 radical (unpaired) electrons. The molecule has 6 nitrogen and oxygen atoms in total. The van der Waals surface area contributed by atoms with Crippen molar-refractivity contribution in [2.24, 2.45) is 5.92 Å². The Morgan fingerprint density at radius 2 is 2.29 bits per heavy atom. The van der Waals surface area contributed by atoms with Crippen LogP contribution in [0.2, 0.25) is 0 Å². The van der Waals surface area contributed by atoms with Crippen molar-refractivity contribution in [1.82, 2.24) is 20.5 Å². The molecule has 1 aromatic heterocycles. The van der Waals surface area contributed by atoms with Crippen molar-refractivity contribution in [3.63, 3.8) is 0 Å². The summed E-state index contributed by atoms with van der Waals surface area (Å²) in [5.74, 6) is 1.38. The van der Waals surface area contributed by atoms with Gasteiger partial charge in [-0.3, -0.25) is 14.7 Å². The van der Waals surface area contributed by atoms with Gasteiger partial charge in [-0.05, 0) is 42.8 Å². The minimum atomic E-state index is -0.0931. The van der Waals surface area contributed by atoms with Crippen LogP contribution in [-0.2, 0) is 17.9 Å². The number of carbonyl (C=O) groups is 1. The van der Waals surface area contributed by atoms with Crippen LogP contribution in [0.3, 0.4) is 0 Å². The van der Waals surface area contributed by atoms with Crippen LogP contribution in [0.25, 0.3) is 0 Å². The summed E-state index contributed by atoms with van der Waals surface area (Å²) < 4.78 is 5.92. The van der Waals surface area contributed by atoms with Crippen LogP contribution in [0.5, 0.6) is 5.75 Å². The molecule has 6 heteroatoms. The number of piperidine rings is 1. The van der Waals surface area contributed by atoms with Gasteiger partial charge in [0.15, 0.2) is 0 Å². The fraction of sp³-hybridized carbons (Fsp3) is 0.455. The normalized spacial score (nSPS) is 24.5. The zero-order chi connectivity index (χ0) is 19.4. The summed E-state index contributed by atoms with van der Waals surface area (Å²) in [7, 11) is 0. The van der Waals surface area contributed by atoms with E-state index >= 15 is 0 Å². The minimum absolute atomic E-state index is 0.0682. The number of aromatic nitrogens is 1. The quantitative estimate of drug-likeness (QED) is 0.802. The largest absolute Gasteiger partial charge is 0.487 e. The molecule has 2 aliphatic heterocycles.